The molecule has 1 aliphatic heterocycles. The number of aromatic nitrogens is 1. The van der Waals surface area contributed by atoms with Gasteiger partial charge in [0.05, 0.1) is 30.3 Å². The van der Waals surface area contributed by atoms with E-state index in [2.05, 4.69) is 16.9 Å². The van der Waals surface area contributed by atoms with Gasteiger partial charge < -0.3 is 19.6 Å². The van der Waals surface area contributed by atoms with E-state index in [1.165, 1.54) is 17.3 Å². The molecule has 4 rings (SSSR count). The zero-order chi connectivity index (χ0) is 22.0. The van der Waals surface area contributed by atoms with E-state index in [0.29, 0.717) is 12.3 Å². The van der Waals surface area contributed by atoms with Crippen LogP contribution < -0.4 is 9.47 Å². The second-order valence-corrected chi connectivity index (χ2v) is 9.09. The SMILES string of the molecule is CCC(C)Oc1cc(Oc2ccc(C)cc2)cc2cc(C3=NCC(CC(=O)O)S3)[nH]c12. The lowest BCUT2D eigenvalue weighted by molar-refractivity contribution is -0.136. The third kappa shape index (κ3) is 5.05. The number of carbonyl (C=O) groups is 1. The Morgan fingerprint density at radius 2 is 2.03 bits per heavy atom. The molecule has 6 nitrogen and oxygen atoms in total. The number of fused-ring (bicyclic) bond motifs is 1. The van der Waals surface area contributed by atoms with Gasteiger partial charge in [0.15, 0.2) is 0 Å². The predicted octanol–water partition coefficient (Wildman–Crippen LogP) is 5.78. The Balaban J connectivity index is 1.66. The van der Waals surface area contributed by atoms with Gasteiger partial charge >= 0.3 is 5.97 Å². The lowest BCUT2D eigenvalue weighted by Gasteiger charge is -2.15. The van der Waals surface area contributed by atoms with E-state index in [4.69, 9.17) is 14.6 Å². The molecule has 0 fully saturated rings. The summed E-state index contributed by atoms with van der Waals surface area (Å²) in [5.74, 6) is 1.39. The molecule has 31 heavy (non-hydrogen) atoms. The van der Waals surface area contributed by atoms with Crippen LogP contribution in [0.1, 0.15) is 37.9 Å². The van der Waals surface area contributed by atoms with Crippen molar-refractivity contribution in [1.82, 2.24) is 4.98 Å². The minimum atomic E-state index is -0.798. The van der Waals surface area contributed by atoms with Crippen molar-refractivity contribution in [3.8, 4) is 17.2 Å². The lowest BCUT2D eigenvalue weighted by atomic mass is 10.2. The molecule has 3 aromatic rings. The predicted molar refractivity (Wildman–Crippen MR) is 125 cm³/mol. The Hall–Kier alpha value is -2.93. The summed E-state index contributed by atoms with van der Waals surface area (Å²) in [6.07, 6.45) is 1.05. The number of nitrogens with zero attached hydrogens (tertiary/aromatic N) is 1. The van der Waals surface area contributed by atoms with Crippen LogP contribution >= 0.6 is 11.8 Å². The average Bonchev–Trinajstić information content (AvgIpc) is 3.36. The number of rotatable bonds is 8. The number of carboxylic acids is 1. The summed E-state index contributed by atoms with van der Waals surface area (Å²) in [6, 6.07) is 13.8. The molecule has 2 heterocycles. The topological polar surface area (TPSA) is 83.9 Å². The standard InChI is InChI=1S/C24H26N2O4S/c1-4-15(3)29-21-11-18(30-17-7-5-14(2)6-8-17)9-16-10-20(26-23(16)21)24-25-13-19(31-24)12-22(27)28/h5-11,15,19,26H,4,12-13H2,1-3H3,(H,27,28). The molecule has 0 bridgehead atoms. The second-order valence-electron chi connectivity index (χ2n) is 7.80. The second kappa shape index (κ2) is 9.06. The maximum absolute atomic E-state index is 11.0. The van der Waals surface area contributed by atoms with Gasteiger partial charge in [0, 0.05) is 16.7 Å². The van der Waals surface area contributed by atoms with Crippen LogP contribution in [0.5, 0.6) is 17.2 Å². The molecule has 1 aromatic heterocycles. The summed E-state index contributed by atoms with van der Waals surface area (Å²) in [7, 11) is 0. The van der Waals surface area contributed by atoms with E-state index in [9.17, 15) is 4.79 Å². The number of nitrogens with one attached hydrogen (secondary N) is 1. The maximum atomic E-state index is 11.0. The first-order chi connectivity index (χ1) is 14.9. The van der Waals surface area contributed by atoms with Crippen molar-refractivity contribution in [3.63, 3.8) is 0 Å². The van der Waals surface area contributed by atoms with Crippen LogP contribution in [0.15, 0.2) is 47.5 Å². The summed E-state index contributed by atoms with van der Waals surface area (Å²) < 4.78 is 12.3. The number of benzene rings is 2. The maximum Gasteiger partial charge on any atom is 0.304 e. The molecule has 2 atom stereocenters. The number of thioether (sulfide) groups is 1. The Kier molecular flexibility index (Phi) is 6.23. The molecule has 7 heteroatoms. The average molecular weight is 439 g/mol. The number of H-pyrrole nitrogens is 1. The molecule has 2 unspecified atom stereocenters. The largest absolute Gasteiger partial charge is 0.488 e. The van der Waals surface area contributed by atoms with E-state index >= 15 is 0 Å². The zero-order valence-corrected chi connectivity index (χ0v) is 18.7. The fourth-order valence-electron chi connectivity index (χ4n) is 3.36. The van der Waals surface area contributed by atoms with Gasteiger partial charge in [-0.05, 0) is 44.5 Å². The fraction of sp³-hybridized carbons (Fsp3) is 0.333. The van der Waals surface area contributed by atoms with E-state index in [1.54, 1.807) is 0 Å². The quantitative estimate of drug-likeness (QED) is 0.465. The molecule has 0 radical (unpaired) electrons. The highest BCUT2D eigenvalue weighted by Crippen LogP contribution is 2.36. The molecule has 0 aliphatic carbocycles. The van der Waals surface area contributed by atoms with Crippen molar-refractivity contribution < 1.29 is 19.4 Å². The molecule has 0 saturated heterocycles. The summed E-state index contributed by atoms with van der Waals surface area (Å²) >= 11 is 1.51. The Morgan fingerprint density at radius 3 is 2.74 bits per heavy atom. The number of carboxylic acid groups (broad SMARTS) is 1. The number of aliphatic carboxylic acids is 1. The summed E-state index contributed by atoms with van der Waals surface area (Å²) in [6.45, 7) is 6.68. The first-order valence-corrected chi connectivity index (χ1v) is 11.3. The van der Waals surface area contributed by atoms with E-state index in [1.807, 2.05) is 56.3 Å². The normalized spacial score (nSPS) is 16.9. The first-order valence-electron chi connectivity index (χ1n) is 10.4. The van der Waals surface area contributed by atoms with Crippen LogP contribution in [0.2, 0.25) is 0 Å². The van der Waals surface area contributed by atoms with Gasteiger partial charge in [0.1, 0.15) is 22.3 Å². The molecule has 0 spiro atoms. The van der Waals surface area contributed by atoms with Crippen molar-refractivity contribution in [2.24, 2.45) is 4.99 Å². The first kappa shape index (κ1) is 21.3. The van der Waals surface area contributed by atoms with Gasteiger partial charge in [-0.25, -0.2) is 0 Å². The number of hydrogen-bond acceptors (Lipinski definition) is 5. The molecular formula is C24H26N2O4S. The zero-order valence-electron chi connectivity index (χ0n) is 17.8. The molecule has 1 aliphatic rings. The molecule has 2 N–H and O–H groups in total. The number of aromatic amines is 1. The fourth-order valence-corrected chi connectivity index (χ4v) is 4.44. The number of ether oxygens (including phenoxy) is 2. The summed E-state index contributed by atoms with van der Waals surface area (Å²) in [5, 5.41) is 10.8. The van der Waals surface area contributed by atoms with Gasteiger partial charge in [-0.3, -0.25) is 9.79 Å². The number of hydrogen-bond donors (Lipinski definition) is 2. The molecule has 0 saturated carbocycles. The smallest absolute Gasteiger partial charge is 0.304 e. The highest BCUT2D eigenvalue weighted by Gasteiger charge is 2.25. The lowest BCUT2D eigenvalue weighted by Crippen LogP contribution is -2.10. The Morgan fingerprint density at radius 1 is 1.26 bits per heavy atom. The Labute approximate surface area is 185 Å². The summed E-state index contributed by atoms with van der Waals surface area (Å²) in [5.41, 5.74) is 2.93. The van der Waals surface area contributed by atoms with E-state index in [0.717, 1.165) is 39.6 Å². The van der Waals surface area contributed by atoms with Gasteiger partial charge in [-0.1, -0.05) is 36.4 Å². The van der Waals surface area contributed by atoms with E-state index in [-0.39, 0.29) is 17.8 Å². The summed E-state index contributed by atoms with van der Waals surface area (Å²) in [4.78, 5) is 19.0. The minimum absolute atomic E-state index is 0.0322. The van der Waals surface area contributed by atoms with Crippen molar-refractivity contribution in [2.45, 2.75) is 45.0 Å². The van der Waals surface area contributed by atoms with Crippen LogP contribution in [-0.2, 0) is 4.79 Å². The van der Waals surface area contributed by atoms with Crippen LogP contribution in [-0.4, -0.2) is 39.0 Å². The third-order valence-corrected chi connectivity index (χ3v) is 6.40. The van der Waals surface area contributed by atoms with Gasteiger partial charge in [-0.15, -0.1) is 0 Å². The molecule has 0 amide bonds. The van der Waals surface area contributed by atoms with Crippen molar-refractivity contribution in [2.75, 3.05) is 6.54 Å². The van der Waals surface area contributed by atoms with E-state index < -0.39 is 5.97 Å². The van der Waals surface area contributed by atoms with Crippen molar-refractivity contribution in [1.29, 1.82) is 0 Å². The Bertz CT molecular complexity index is 1120. The molecular weight excluding hydrogens is 412 g/mol. The van der Waals surface area contributed by atoms with Crippen molar-refractivity contribution in [3.05, 3.63) is 53.7 Å². The van der Waals surface area contributed by atoms with Crippen LogP contribution in [0.4, 0.5) is 0 Å². The highest BCUT2D eigenvalue weighted by atomic mass is 32.2. The van der Waals surface area contributed by atoms with Crippen LogP contribution in [0.25, 0.3) is 10.9 Å². The molecule has 2 aromatic carbocycles. The number of aryl methyl sites for hydroxylation is 1. The highest BCUT2D eigenvalue weighted by molar-refractivity contribution is 8.15. The minimum Gasteiger partial charge on any atom is -0.488 e. The monoisotopic (exact) mass is 438 g/mol. The van der Waals surface area contributed by atoms with Gasteiger partial charge in [0.2, 0.25) is 0 Å². The van der Waals surface area contributed by atoms with Gasteiger partial charge in [-0.2, -0.15) is 0 Å². The van der Waals surface area contributed by atoms with Crippen LogP contribution in [0, 0.1) is 6.92 Å². The van der Waals surface area contributed by atoms with Crippen molar-refractivity contribution >= 4 is 33.7 Å². The van der Waals surface area contributed by atoms with Gasteiger partial charge in [0.25, 0.3) is 0 Å². The van der Waals surface area contributed by atoms with Crippen LogP contribution in [0.3, 0.4) is 0 Å². The third-order valence-electron chi connectivity index (χ3n) is 5.17. The number of aliphatic imine (C=N–C) groups is 1. The molecule has 162 valence electrons.